The molecule has 0 amide bonds. The van der Waals surface area contributed by atoms with Gasteiger partial charge in [-0.3, -0.25) is 4.55 Å². The molecule has 8 heteroatoms. The lowest BCUT2D eigenvalue weighted by Crippen LogP contribution is -2.26. The fourth-order valence-electron chi connectivity index (χ4n) is 3.47. The highest BCUT2D eigenvalue weighted by Crippen LogP contribution is 2.40. The molecule has 0 saturated carbocycles. The molecule has 0 saturated heterocycles. The number of hydrogen-bond acceptors (Lipinski definition) is 4. The third kappa shape index (κ3) is 2.22. The molecule has 1 atom stereocenters. The van der Waals surface area contributed by atoms with Crippen LogP contribution >= 0.6 is 0 Å². The van der Waals surface area contributed by atoms with Crippen LogP contribution in [0.2, 0.25) is 0 Å². The maximum Gasteiger partial charge on any atom is 0.266 e. The minimum Gasteiger partial charge on any atom is -0.508 e. The Bertz CT molecular complexity index is 1030. The number of rotatable bonds is 2. The molecule has 7 nitrogen and oxygen atoms in total. The topological polar surface area (TPSA) is 108 Å². The summed E-state index contributed by atoms with van der Waals surface area (Å²) >= 11 is 0. The van der Waals surface area contributed by atoms with E-state index in [9.17, 15) is 18.1 Å². The van der Waals surface area contributed by atoms with E-state index in [2.05, 4.69) is 9.97 Å². The fraction of sp³-hybridized carbons (Fsp3) is 0.267. The molecule has 0 radical (unpaired) electrons. The summed E-state index contributed by atoms with van der Waals surface area (Å²) in [6.45, 7) is 1.81. The number of nitrogens with one attached hydrogen (secondary N) is 1. The van der Waals surface area contributed by atoms with E-state index in [-0.39, 0.29) is 11.5 Å². The Morgan fingerprint density at radius 3 is 2.96 bits per heavy atom. The van der Waals surface area contributed by atoms with Crippen molar-refractivity contribution in [2.75, 3.05) is 5.75 Å². The van der Waals surface area contributed by atoms with E-state index in [1.165, 1.54) is 0 Å². The van der Waals surface area contributed by atoms with Gasteiger partial charge in [0.25, 0.3) is 10.1 Å². The summed E-state index contributed by atoms with van der Waals surface area (Å²) in [6.07, 6.45) is 2.13. The Morgan fingerprint density at radius 1 is 1.43 bits per heavy atom. The van der Waals surface area contributed by atoms with Gasteiger partial charge >= 0.3 is 0 Å². The van der Waals surface area contributed by atoms with E-state index >= 15 is 0 Å². The number of fused-ring (bicyclic) bond motifs is 5. The van der Waals surface area contributed by atoms with Gasteiger partial charge in [-0.1, -0.05) is 0 Å². The van der Waals surface area contributed by atoms with Gasteiger partial charge in [0, 0.05) is 10.9 Å². The predicted molar refractivity (Wildman–Crippen MR) is 85.1 cm³/mol. The molecule has 0 fully saturated rings. The van der Waals surface area contributed by atoms with E-state index in [1.807, 2.05) is 4.57 Å². The Hall–Kier alpha value is -2.32. The van der Waals surface area contributed by atoms with Gasteiger partial charge in [0.15, 0.2) is 0 Å². The second-order valence-electron chi connectivity index (χ2n) is 5.88. The third-order valence-electron chi connectivity index (χ3n) is 4.34. The van der Waals surface area contributed by atoms with E-state index in [1.54, 1.807) is 31.3 Å². The first kappa shape index (κ1) is 14.3. The van der Waals surface area contributed by atoms with Gasteiger partial charge in [0.1, 0.15) is 11.6 Å². The van der Waals surface area contributed by atoms with Gasteiger partial charge < -0.3 is 14.7 Å². The van der Waals surface area contributed by atoms with Gasteiger partial charge in [-0.2, -0.15) is 8.42 Å². The molecule has 120 valence electrons. The van der Waals surface area contributed by atoms with E-state index in [0.717, 1.165) is 27.9 Å². The molecular formula is C15H15N3O4S. The number of phenols is 1. The quantitative estimate of drug-likeness (QED) is 0.622. The zero-order valence-corrected chi connectivity index (χ0v) is 13.1. The minimum atomic E-state index is -4.12. The Labute approximate surface area is 132 Å². The zero-order chi connectivity index (χ0) is 16.4. The Morgan fingerprint density at radius 2 is 2.22 bits per heavy atom. The molecule has 3 aromatic rings. The first-order chi connectivity index (χ1) is 10.8. The second-order valence-corrected chi connectivity index (χ2v) is 7.37. The van der Waals surface area contributed by atoms with Crippen LogP contribution in [0, 0.1) is 6.92 Å². The van der Waals surface area contributed by atoms with Crippen molar-refractivity contribution in [2.45, 2.75) is 19.4 Å². The maximum atomic E-state index is 11.4. The van der Waals surface area contributed by atoms with Crippen molar-refractivity contribution < 1.29 is 18.1 Å². The number of phenolic OH excluding ortho intramolecular Hbond substituents is 1. The summed E-state index contributed by atoms with van der Waals surface area (Å²) < 4.78 is 33.9. The summed E-state index contributed by atoms with van der Waals surface area (Å²) in [5.41, 5.74) is 3.45. The molecule has 4 rings (SSSR count). The van der Waals surface area contributed by atoms with Crippen molar-refractivity contribution in [3.05, 3.63) is 35.8 Å². The van der Waals surface area contributed by atoms with Crippen molar-refractivity contribution >= 4 is 21.0 Å². The van der Waals surface area contributed by atoms with Crippen LogP contribution in [0.3, 0.4) is 0 Å². The third-order valence-corrected chi connectivity index (χ3v) is 5.14. The number of aromatic amines is 1. The molecule has 3 heterocycles. The first-order valence-electron chi connectivity index (χ1n) is 7.16. The standard InChI is InChI=1S/C15H15N3O4S/c1-8-16-6-14-15-12(4-9(18(8)14)7-23(20,21)22)11-5-10(19)2-3-13(11)17-15/h2-3,5-6,9,17,19H,4,7H2,1H3,(H,20,21,22). The molecule has 2 aromatic heterocycles. The second kappa shape index (κ2) is 4.59. The van der Waals surface area contributed by atoms with Crippen LogP contribution in [0.25, 0.3) is 22.3 Å². The van der Waals surface area contributed by atoms with Crippen LogP contribution in [0.1, 0.15) is 17.4 Å². The fourth-order valence-corrected chi connectivity index (χ4v) is 4.22. The van der Waals surface area contributed by atoms with E-state index < -0.39 is 16.2 Å². The highest BCUT2D eigenvalue weighted by atomic mass is 32.2. The monoisotopic (exact) mass is 333 g/mol. The van der Waals surface area contributed by atoms with Crippen LogP contribution in [-0.4, -0.2) is 38.4 Å². The lowest BCUT2D eigenvalue weighted by Gasteiger charge is -2.26. The van der Waals surface area contributed by atoms with Crippen LogP contribution in [-0.2, 0) is 16.5 Å². The lowest BCUT2D eigenvalue weighted by atomic mass is 9.98. The number of aromatic nitrogens is 3. The molecule has 1 unspecified atom stereocenters. The van der Waals surface area contributed by atoms with Gasteiger partial charge in [-0.25, -0.2) is 4.98 Å². The maximum absolute atomic E-state index is 11.4. The predicted octanol–water partition coefficient (Wildman–Crippen LogP) is 2.03. The van der Waals surface area contributed by atoms with Crippen molar-refractivity contribution in [3.8, 4) is 17.1 Å². The summed E-state index contributed by atoms with van der Waals surface area (Å²) in [5, 5.41) is 10.6. The number of imidazole rings is 1. The number of hydrogen-bond donors (Lipinski definition) is 3. The average molecular weight is 333 g/mol. The lowest BCUT2D eigenvalue weighted by molar-refractivity contribution is 0.452. The van der Waals surface area contributed by atoms with Crippen LogP contribution in [0.15, 0.2) is 24.4 Å². The molecule has 0 aliphatic carbocycles. The molecule has 0 spiro atoms. The molecule has 3 N–H and O–H groups in total. The average Bonchev–Trinajstić information content (AvgIpc) is 2.99. The van der Waals surface area contributed by atoms with E-state index in [0.29, 0.717) is 12.2 Å². The van der Waals surface area contributed by atoms with Gasteiger partial charge in [-0.15, -0.1) is 0 Å². The molecule has 1 aromatic carbocycles. The Kier molecular flexibility index (Phi) is 2.85. The van der Waals surface area contributed by atoms with Crippen LogP contribution in [0.5, 0.6) is 5.75 Å². The minimum absolute atomic E-state index is 0.154. The first-order valence-corrected chi connectivity index (χ1v) is 8.77. The summed E-state index contributed by atoms with van der Waals surface area (Å²) in [5.74, 6) is 0.476. The summed E-state index contributed by atoms with van der Waals surface area (Å²) in [6, 6.07) is 4.61. The number of H-pyrrole nitrogens is 1. The van der Waals surface area contributed by atoms with Gasteiger partial charge in [0.05, 0.1) is 29.4 Å². The smallest absolute Gasteiger partial charge is 0.266 e. The molecule has 1 aliphatic rings. The molecule has 1 aliphatic heterocycles. The van der Waals surface area contributed by atoms with Crippen LogP contribution in [0.4, 0.5) is 0 Å². The van der Waals surface area contributed by atoms with Crippen molar-refractivity contribution in [1.82, 2.24) is 14.5 Å². The molecule has 23 heavy (non-hydrogen) atoms. The summed E-state index contributed by atoms with van der Waals surface area (Å²) in [7, 11) is -4.12. The van der Waals surface area contributed by atoms with Crippen molar-refractivity contribution in [2.24, 2.45) is 0 Å². The number of benzene rings is 1. The normalized spacial score (nSPS) is 17.2. The highest BCUT2D eigenvalue weighted by molar-refractivity contribution is 7.85. The van der Waals surface area contributed by atoms with Gasteiger partial charge in [0.2, 0.25) is 0 Å². The number of aryl methyl sites for hydroxylation is 1. The number of aromatic hydroxyl groups is 1. The zero-order valence-electron chi connectivity index (χ0n) is 12.3. The SMILES string of the molecule is Cc1ncc2n1C(CS(=O)(=O)O)Cc1c-2[nH]c2ccc(O)cc12. The Balaban J connectivity index is 1.97. The van der Waals surface area contributed by atoms with E-state index in [4.69, 9.17) is 0 Å². The number of nitrogens with zero attached hydrogens (tertiary/aromatic N) is 2. The van der Waals surface area contributed by atoms with Crippen molar-refractivity contribution in [1.29, 1.82) is 0 Å². The van der Waals surface area contributed by atoms with Gasteiger partial charge in [-0.05, 0) is 37.1 Å². The largest absolute Gasteiger partial charge is 0.508 e. The highest BCUT2D eigenvalue weighted by Gasteiger charge is 2.31. The molecular weight excluding hydrogens is 318 g/mol. The van der Waals surface area contributed by atoms with Crippen LogP contribution < -0.4 is 0 Å². The summed E-state index contributed by atoms with van der Waals surface area (Å²) in [4.78, 5) is 7.59. The molecule has 0 bridgehead atoms. The van der Waals surface area contributed by atoms with Crippen molar-refractivity contribution in [3.63, 3.8) is 0 Å².